The van der Waals surface area contributed by atoms with Gasteiger partial charge < -0.3 is 9.84 Å². The molecule has 0 aromatic heterocycles. The smallest absolute Gasteiger partial charge is 0.339 e. The average Bonchev–Trinajstić information content (AvgIpc) is 2.67. The van der Waals surface area contributed by atoms with Crippen molar-refractivity contribution in [3.05, 3.63) is 95.1 Å². The van der Waals surface area contributed by atoms with Crippen molar-refractivity contribution in [3.8, 4) is 5.75 Å². The Morgan fingerprint density at radius 1 is 1.04 bits per heavy atom. The van der Waals surface area contributed by atoms with Crippen LogP contribution in [0.2, 0.25) is 0 Å². The van der Waals surface area contributed by atoms with Crippen molar-refractivity contribution >= 4 is 17.9 Å². The molecule has 0 saturated heterocycles. The van der Waals surface area contributed by atoms with Crippen molar-refractivity contribution in [2.75, 3.05) is 0 Å². The monoisotopic (exact) mass is 345 g/mol. The van der Waals surface area contributed by atoms with Gasteiger partial charge in [-0.1, -0.05) is 48.5 Å². The minimum atomic E-state index is -1.03. The molecule has 0 atom stereocenters. The number of carbonyl (C=O) groups is 1. The summed E-state index contributed by atoms with van der Waals surface area (Å²) in [6.45, 7) is 2.30. The van der Waals surface area contributed by atoms with Crippen LogP contribution >= 0.6 is 0 Å². The van der Waals surface area contributed by atoms with Gasteiger partial charge in [0.25, 0.3) is 0 Å². The molecule has 3 aromatic rings. The van der Waals surface area contributed by atoms with Crippen molar-refractivity contribution in [3.63, 3.8) is 0 Å². The normalized spacial score (nSPS) is 10.8. The van der Waals surface area contributed by atoms with Gasteiger partial charge in [-0.2, -0.15) is 0 Å². The van der Waals surface area contributed by atoms with Crippen LogP contribution in [0, 0.1) is 6.92 Å². The van der Waals surface area contributed by atoms with Crippen molar-refractivity contribution < 1.29 is 14.6 Å². The number of carboxylic acids is 1. The maximum atomic E-state index is 11.6. The molecule has 3 aromatic carbocycles. The number of benzene rings is 3. The summed E-state index contributed by atoms with van der Waals surface area (Å²) in [5, 5.41) is 9.49. The van der Waals surface area contributed by atoms with Gasteiger partial charge in [0, 0.05) is 6.21 Å². The second-order valence-electron chi connectivity index (χ2n) is 5.88. The molecule has 0 unspecified atom stereocenters. The van der Waals surface area contributed by atoms with Gasteiger partial charge >= 0.3 is 5.97 Å². The highest BCUT2D eigenvalue weighted by atomic mass is 16.5. The Kier molecular flexibility index (Phi) is 5.44. The molecule has 26 heavy (non-hydrogen) atoms. The van der Waals surface area contributed by atoms with Crippen LogP contribution in [0.1, 0.15) is 27.0 Å². The summed E-state index contributed by atoms with van der Waals surface area (Å²) in [4.78, 5) is 16.0. The molecular formula is C22H19NO3. The molecular weight excluding hydrogens is 326 g/mol. The van der Waals surface area contributed by atoms with Crippen LogP contribution in [-0.4, -0.2) is 17.3 Å². The summed E-state index contributed by atoms with van der Waals surface area (Å²) in [5.41, 5.74) is 3.72. The highest BCUT2D eigenvalue weighted by Gasteiger charge is 2.12. The van der Waals surface area contributed by atoms with Gasteiger partial charge in [0.1, 0.15) is 17.9 Å². The molecule has 4 nitrogen and oxygen atoms in total. The number of rotatable bonds is 6. The minimum Gasteiger partial charge on any atom is -0.488 e. The Hall–Kier alpha value is -3.40. The van der Waals surface area contributed by atoms with Crippen LogP contribution < -0.4 is 4.74 Å². The molecule has 0 heterocycles. The predicted molar refractivity (Wildman–Crippen MR) is 103 cm³/mol. The Labute approximate surface area is 152 Å². The summed E-state index contributed by atoms with van der Waals surface area (Å²) in [7, 11) is 0. The van der Waals surface area contributed by atoms with E-state index < -0.39 is 5.97 Å². The number of aromatic carboxylic acids is 1. The zero-order chi connectivity index (χ0) is 18.4. The van der Waals surface area contributed by atoms with E-state index in [4.69, 9.17) is 4.74 Å². The van der Waals surface area contributed by atoms with E-state index in [9.17, 15) is 9.90 Å². The third-order valence-corrected chi connectivity index (χ3v) is 3.94. The molecule has 0 radical (unpaired) electrons. The molecule has 3 rings (SSSR count). The average molecular weight is 345 g/mol. The first-order valence-electron chi connectivity index (χ1n) is 8.27. The third kappa shape index (κ3) is 4.36. The highest BCUT2D eigenvalue weighted by Crippen LogP contribution is 2.22. The van der Waals surface area contributed by atoms with Crippen LogP contribution in [0.4, 0.5) is 5.69 Å². The van der Waals surface area contributed by atoms with E-state index in [1.807, 2.05) is 61.5 Å². The maximum absolute atomic E-state index is 11.6. The van der Waals surface area contributed by atoms with Gasteiger partial charge in [0.05, 0.1) is 5.69 Å². The fourth-order valence-corrected chi connectivity index (χ4v) is 2.51. The third-order valence-electron chi connectivity index (χ3n) is 3.94. The quantitative estimate of drug-likeness (QED) is 0.638. The molecule has 0 amide bonds. The molecule has 0 saturated carbocycles. The van der Waals surface area contributed by atoms with Gasteiger partial charge in [-0.3, -0.25) is 4.99 Å². The Balaban J connectivity index is 1.80. The van der Waals surface area contributed by atoms with Crippen LogP contribution in [0.3, 0.4) is 0 Å². The number of nitrogens with zero attached hydrogens (tertiary/aromatic N) is 1. The van der Waals surface area contributed by atoms with E-state index in [2.05, 4.69) is 4.99 Å². The summed E-state index contributed by atoms with van der Waals surface area (Å²) in [5.74, 6) is -0.686. The largest absolute Gasteiger partial charge is 0.488 e. The second kappa shape index (κ2) is 8.12. The molecule has 0 fully saturated rings. The van der Waals surface area contributed by atoms with Gasteiger partial charge in [0.2, 0.25) is 0 Å². The van der Waals surface area contributed by atoms with E-state index in [-0.39, 0.29) is 5.56 Å². The number of carboxylic acid groups (broad SMARTS) is 1. The number of hydrogen-bond acceptors (Lipinski definition) is 3. The lowest BCUT2D eigenvalue weighted by Gasteiger charge is -2.10. The van der Waals surface area contributed by atoms with Gasteiger partial charge in [-0.25, -0.2) is 4.79 Å². The number of para-hydroxylation sites is 1. The van der Waals surface area contributed by atoms with E-state index in [1.54, 1.807) is 24.4 Å². The lowest BCUT2D eigenvalue weighted by Crippen LogP contribution is -2.04. The minimum absolute atomic E-state index is 0.120. The molecule has 4 heteroatoms. The van der Waals surface area contributed by atoms with Gasteiger partial charge in [-0.15, -0.1) is 0 Å². The molecule has 0 aliphatic heterocycles. The molecule has 0 aliphatic carbocycles. The maximum Gasteiger partial charge on any atom is 0.339 e. The number of hydrogen-bond donors (Lipinski definition) is 1. The van der Waals surface area contributed by atoms with E-state index in [0.717, 1.165) is 16.8 Å². The zero-order valence-corrected chi connectivity index (χ0v) is 14.4. The van der Waals surface area contributed by atoms with Crippen LogP contribution in [0.15, 0.2) is 77.8 Å². The van der Waals surface area contributed by atoms with Gasteiger partial charge in [-0.05, 0) is 47.9 Å². The Bertz CT molecular complexity index is 933. The predicted octanol–water partition coefficient (Wildman–Crippen LogP) is 5.02. The van der Waals surface area contributed by atoms with Crippen molar-refractivity contribution in [1.82, 2.24) is 0 Å². The fourth-order valence-electron chi connectivity index (χ4n) is 2.51. The van der Waals surface area contributed by atoms with Gasteiger partial charge in [0.15, 0.2) is 0 Å². The van der Waals surface area contributed by atoms with E-state index in [1.165, 1.54) is 0 Å². The fraction of sp³-hybridized carbons (Fsp3) is 0.0909. The topological polar surface area (TPSA) is 58.9 Å². The zero-order valence-electron chi connectivity index (χ0n) is 14.4. The first-order valence-corrected chi connectivity index (χ1v) is 8.27. The first kappa shape index (κ1) is 17.4. The number of aliphatic imine (C=N–C) groups is 1. The number of aryl methyl sites for hydroxylation is 1. The highest BCUT2D eigenvalue weighted by molar-refractivity contribution is 5.94. The van der Waals surface area contributed by atoms with Crippen LogP contribution in [0.25, 0.3) is 0 Å². The van der Waals surface area contributed by atoms with E-state index >= 15 is 0 Å². The molecule has 0 aliphatic rings. The summed E-state index contributed by atoms with van der Waals surface area (Å²) in [6.07, 6.45) is 1.66. The van der Waals surface area contributed by atoms with E-state index in [0.29, 0.717) is 17.9 Å². The van der Waals surface area contributed by atoms with Crippen LogP contribution in [0.5, 0.6) is 5.75 Å². The lowest BCUT2D eigenvalue weighted by atomic mass is 10.1. The molecule has 1 N–H and O–H groups in total. The SMILES string of the molecule is Cc1ccccc1N=Cc1ccc(OCc2ccccc2)c(C(=O)O)c1. The first-order chi connectivity index (χ1) is 12.6. The van der Waals surface area contributed by atoms with Crippen molar-refractivity contribution in [2.24, 2.45) is 4.99 Å². The summed E-state index contributed by atoms with van der Waals surface area (Å²) >= 11 is 0. The Morgan fingerprint density at radius 3 is 2.50 bits per heavy atom. The molecule has 0 bridgehead atoms. The summed E-state index contributed by atoms with van der Waals surface area (Å²) < 4.78 is 5.70. The molecule has 130 valence electrons. The van der Waals surface area contributed by atoms with Crippen molar-refractivity contribution in [1.29, 1.82) is 0 Å². The second-order valence-corrected chi connectivity index (χ2v) is 5.88. The summed E-state index contributed by atoms with van der Waals surface area (Å²) in [6, 6.07) is 22.5. The molecule has 0 spiro atoms. The van der Waals surface area contributed by atoms with Crippen molar-refractivity contribution in [2.45, 2.75) is 13.5 Å². The lowest BCUT2D eigenvalue weighted by molar-refractivity contribution is 0.0691. The standard InChI is InChI=1S/C22H19NO3/c1-16-7-5-6-10-20(16)23-14-18-11-12-21(19(13-18)22(24)25)26-15-17-8-3-2-4-9-17/h2-14H,15H2,1H3,(H,24,25). The number of ether oxygens (including phenoxy) is 1. The Morgan fingerprint density at radius 2 is 1.77 bits per heavy atom. The van der Waals surface area contributed by atoms with Crippen LogP contribution in [-0.2, 0) is 6.61 Å².